The van der Waals surface area contributed by atoms with Crippen LogP contribution in [0.1, 0.15) is 48.2 Å². The van der Waals surface area contributed by atoms with Crippen LogP contribution in [0.15, 0.2) is 24.3 Å². The van der Waals surface area contributed by atoms with E-state index in [0.717, 1.165) is 6.42 Å². The van der Waals surface area contributed by atoms with Crippen LogP contribution in [-0.4, -0.2) is 79.5 Å². The molecule has 218 valence electrons. The van der Waals surface area contributed by atoms with Crippen molar-refractivity contribution in [3.8, 4) is 0 Å². The predicted molar refractivity (Wildman–Crippen MR) is 145 cm³/mol. The van der Waals surface area contributed by atoms with E-state index in [1.807, 2.05) is 4.90 Å². The number of amides is 1. The molecule has 2 atom stereocenters. The Kier molecular flexibility index (Phi) is 7.59. The van der Waals surface area contributed by atoms with Crippen LogP contribution in [0, 0.1) is 12.8 Å². The number of carbonyl (C=O) groups is 1. The number of nitrogens with zero attached hydrogens (tertiary/aromatic N) is 4. The van der Waals surface area contributed by atoms with Crippen molar-refractivity contribution >= 4 is 39.1 Å². The Bertz CT molecular complexity index is 1380. The van der Waals surface area contributed by atoms with Crippen LogP contribution < -0.4 is 19.8 Å². The smallest absolute Gasteiger partial charge is 0.258 e. The molecule has 2 saturated heterocycles. The minimum absolute atomic E-state index is 0.0911. The lowest BCUT2D eigenvalue weighted by Gasteiger charge is -2.51. The number of rotatable bonds is 8. The zero-order valence-electron chi connectivity index (χ0n) is 22.2. The summed E-state index contributed by atoms with van der Waals surface area (Å²) >= 11 is 0. The van der Waals surface area contributed by atoms with Crippen molar-refractivity contribution < 1.29 is 31.5 Å². The summed E-state index contributed by atoms with van der Waals surface area (Å²) in [5.41, 5.74) is 0.248. The maximum Gasteiger partial charge on any atom is 0.258 e. The van der Waals surface area contributed by atoms with Gasteiger partial charge in [-0.1, -0.05) is 0 Å². The van der Waals surface area contributed by atoms with E-state index in [0.29, 0.717) is 37.3 Å². The summed E-state index contributed by atoms with van der Waals surface area (Å²) in [6.45, 7) is 2.10. The molecule has 0 bridgehead atoms. The van der Waals surface area contributed by atoms with Crippen molar-refractivity contribution in [3.05, 3.63) is 35.5 Å². The van der Waals surface area contributed by atoms with Gasteiger partial charge in [0.15, 0.2) is 0 Å². The van der Waals surface area contributed by atoms with Gasteiger partial charge in [0, 0.05) is 56.7 Å². The molecule has 3 fully saturated rings. The number of sulfonamides is 1. The number of benzene rings is 1. The van der Waals surface area contributed by atoms with E-state index >= 15 is 0 Å². The fourth-order valence-electron chi connectivity index (χ4n) is 5.52. The Labute approximate surface area is 231 Å². The molecule has 14 heteroatoms. The van der Waals surface area contributed by atoms with Crippen molar-refractivity contribution in [2.24, 2.45) is 5.92 Å². The van der Waals surface area contributed by atoms with E-state index in [1.54, 1.807) is 17.9 Å². The normalized spacial score (nSPS) is 24.2. The molecule has 1 aliphatic carbocycles. The Hall–Kier alpha value is -3.13. The monoisotopic (exact) mass is 582 g/mol. The number of alkyl halides is 3. The number of aryl methyl sites for hydroxylation is 1. The first-order valence-electron chi connectivity index (χ1n) is 13.4. The van der Waals surface area contributed by atoms with Crippen LogP contribution in [0.2, 0.25) is 0 Å². The van der Waals surface area contributed by atoms with Crippen LogP contribution in [0.4, 0.5) is 36.3 Å². The minimum atomic E-state index is -3.81. The summed E-state index contributed by atoms with van der Waals surface area (Å²) < 4.78 is 69.1. The number of hydrogen-bond donors (Lipinski definition) is 3. The summed E-state index contributed by atoms with van der Waals surface area (Å²) in [4.78, 5) is 25.8. The van der Waals surface area contributed by atoms with Crippen molar-refractivity contribution in [2.75, 3.05) is 58.4 Å². The maximum absolute atomic E-state index is 15.0. The van der Waals surface area contributed by atoms with Crippen molar-refractivity contribution in [1.82, 2.24) is 9.97 Å². The highest BCUT2D eigenvalue weighted by Crippen LogP contribution is 2.48. The third-order valence-corrected chi connectivity index (χ3v) is 9.22. The Morgan fingerprint density at radius 1 is 1.07 bits per heavy atom. The summed E-state index contributed by atoms with van der Waals surface area (Å²) in [7, 11) is -3.81. The van der Waals surface area contributed by atoms with Crippen LogP contribution >= 0.6 is 0 Å². The SMILES string of the molecule is Cc1cc(NC(=O)c2ccc(NS(=O)(=O)CCO)cc2N2CCC3(F)CCC3C2)nc(N2CCC(F)(F)CC2)n1. The van der Waals surface area contributed by atoms with Gasteiger partial charge in [0.05, 0.1) is 29.3 Å². The Balaban J connectivity index is 1.41. The quantitative estimate of drug-likeness (QED) is 0.433. The number of halogens is 3. The van der Waals surface area contributed by atoms with Gasteiger partial charge in [0.2, 0.25) is 16.0 Å². The minimum Gasteiger partial charge on any atom is -0.395 e. The molecule has 5 rings (SSSR count). The molecule has 1 saturated carbocycles. The molecular formula is C26H33F3N6O4S. The largest absolute Gasteiger partial charge is 0.395 e. The second kappa shape index (κ2) is 10.7. The lowest BCUT2D eigenvalue weighted by Crippen LogP contribution is -2.55. The van der Waals surface area contributed by atoms with Gasteiger partial charge in [0.25, 0.3) is 11.8 Å². The Morgan fingerprint density at radius 3 is 2.45 bits per heavy atom. The average Bonchev–Trinajstić information content (AvgIpc) is 2.86. The fraction of sp³-hybridized carbons (Fsp3) is 0.577. The topological polar surface area (TPSA) is 128 Å². The number of aliphatic hydroxyl groups is 1. The van der Waals surface area contributed by atoms with Gasteiger partial charge >= 0.3 is 0 Å². The van der Waals surface area contributed by atoms with Gasteiger partial charge < -0.3 is 20.2 Å². The average molecular weight is 583 g/mol. The third-order valence-electron chi connectivity index (χ3n) is 7.96. The number of carbonyl (C=O) groups excluding carboxylic acids is 1. The number of fused-ring (bicyclic) bond motifs is 1. The molecule has 3 N–H and O–H groups in total. The van der Waals surface area contributed by atoms with E-state index in [-0.39, 0.29) is 54.9 Å². The number of aromatic nitrogens is 2. The lowest BCUT2D eigenvalue weighted by atomic mass is 9.66. The van der Waals surface area contributed by atoms with E-state index in [4.69, 9.17) is 5.11 Å². The van der Waals surface area contributed by atoms with Crippen molar-refractivity contribution in [2.45, 2.75) is 50.6 Å². The fourth-order valence-corrected chi connectivity index (χ4v) is 6.35. The van der Waals surface area contributed by atoms with Gasteiger partial charge in [-0.15, -0.1) is 0 Å². The molecule has 3 heterocycles. The molecule has 0 radical (unpaired) electrons. The first-order valence-corrected chi connectivity index (χ1v) is 15.0. The molecule has 2 aromatic rings. The standard InChI is InChI=1S/C26H33F3N6O4S/c1-17-14-22(32-24(30-17)34-10-7-26(28,29)8-11-34)31-23(37)20-3-2-19(33-40(38,39)13-12-36)15-21(20)35-9-6-25(27)5-4-18(25)16-35/h2-3,14-15,18,33,36H,4-13,16H2,1H3,(H,30,31,32,37). The van der Waals surface area contributed by atoms with E-state index < -0.39 is 39.9 Å². The van der Waals surface area contributed by atoms with Gasteiger partial charge in [0.1, 0.15) is 11.5 Å². The maximum atomic E-state index is 15.0. The van der Waals surface area contributed by atoms with Gasteiger partial charge in [-0.2, -0.15) is 4.98 Å². The van der Waals surface area contributed by atoms with Gasteiger partial charge in [-0.25, -0.2) is 26.6 Å². The van der Waals surface area contributed by atoms with Gasteiger partial charge in [-0.05, 0) is 44.4 Å². The van der Waals surface area contributed by atoms with Crippen LogP contribution in [-0.2, 0) is 10.0 Å². The summed E-state index contributed by atoms with van der Waals surface area (Å²) in [6.07, 6.45) is 0.955. The Morgan fingerprint density at radius 2 is 1.80 bits per heavy atom. The van der Waals surface area contributed by atoms with E-state index in [1.165, 1.54) is 18.2 Å². The molecule has 1 aromatic heterocycles. The molecule has 10 nitrogen and oxygen atoms in total. The molecule has 2 aliphatic heterocycles. The first-order chi connectivity index (χ1) is 18.9. The summed E-state index contributed by atoms with van der Waals surface area (Å²) in [6, 6.07) is 6.05. The molecule has 40 heavy (non-hydrogen) atoms. The van der Waals surface area contributed by atoms with Crippen molar-refractivity contribution in [3.63, 3.8) is 0 Å². The van der Waals surface area contributed by atoms with E-state index in [9.17, 15) is 26.4 Å². The number of aliphatic hydroxyl groups excluding tert-OH is 1. The number of anilines is 4. The summed E-state index contributed by atoms with van der Waals surface area (Å²) in [5.74, 6) is -3.44. The summed E-state index contributed by atoms with van der Waals surface area (Å²) in [5, 5.41) is 11.8. The molecule has 0 spiro atoms. The van der Waals surface area contributed by atoms with Crippen LogP contribution in [0.3, 0.4) is 0 Å². The highest BCUT2D eigenvalue weighted by Gasteiger charge is 2.50. The predicted octanol–water partition coefficient (Wildman–Crippen LogP) is 3.34. The highest BCUT2D eigenvalue weighted by atomic mass is 32.2. The highest BCUT2D eigenvalue weighted by molar-refractivity contribution is 7.92. The molecule has 1 amide bonds. The molecular weight excluding hydrogens is 549 g/mol. The molecule has 1 aromatic carbocycles. The van der Waals surface area contributed by atoms with Crippen molar-refractivity contribution in [1.29, 1.82) is 0 Å². The second-order valence-corrected chi connectivity index (χ2v) is 12.7. The van der Waals surface area contributed by atoms with Crippen LogP contribution in [0.25, 0.3) is 0 Å². The molecule has 2 unspecified atom stereocenters. The van der Waals surface area contributed by atoms with Gasteiger partial charge in [-0.3, -0.25) is 9.52 Å². The first kappa shape index (κ1) is 28.4. The number of hydrogen-bond acceptors (Lipinski definition) is 8. The number of nitrogens with one attached hydrogen (secondary N) is 2. The third kappa shape index (κ3) is 6.12. The molecule has 3 aliphatic rings. The number of piperidine rings is 2. The van der Waals surface area contributed by atoms with Crippen LogP contribution in [0.5, 0.6) is 0 Å². The lowest BCUT2D eigenvalue weighted by molar-refractivity contribution is -0.0309. The second-order valence-electron chi connectivity index (χ2n) is 10.8. The zero-order valence-corrected chi connectivity index (χ0v) is 23.0. The zero-order chi connectivity index (χ0) is 28.7. The van der Waals surface area contributed by atoms with E-state index in [2.05, 4.69) is 20.0 Å².